The third-order valence-corrected chi connectivity index (χ3v) is 3.92. The number of aliphatic hydroxyl groups is 1. The molecule has 110 valence electrons. The number of nitrogens with two attached hydrogens (primary N) is 1. The van der Waals surface area contributed by atoms with Crippen molar-refractivity contribution in [3.8, 4) is 0 Å². The van der Waals surface area contributed by atoms with Gasteiger partial charge in [0, 0.05) is 26.0 Å². The molecule has 1 aromatic rings. The standard InChI is InChI=1S/C11H16N4O4S/c1-14(2)10(17)6-3-15(11(18)13-9(6)12)7-5-20-8(4-16)19-7/h3,7-8,16H,4-5H2,1-2H3,(H2,12,13,18)/t7-,8+/m1/s1. The lowest BCUT2D eigenvalue weighted by Crippen LogP contribution is -2.32. The number of nitrogens with zero attached hydrogens (tertiary/aromatic N) is 3. The van der Waals surface area contributed by atoms with E-state index in [0.717, 1.165) is 0 Å². The molecule has 2 atom stereocenters. The van der Waals surface area contributed by atoms with Crippen molar-refractivity contribution in [1.82, 2.24) is 14.5 Å². The molecule has 0 aromatic carbocycles. The molecule has 0 spiro atoms. The second-order valence-corrected chi connectivity index (χ2v) is 5.66. The van der Waals surface area contributed by atoms with Gasteiger partial charge in [-0.05, 0) is 0 Å². The highest BCUT2D eigenvalue weighted by Gasteiger charge is 2.28. The number of nitrogen functional groups attached to an aromatic ring is 1. The highest BCUT2D eigenvalue weighted by molar-refractivity contribution is 8.00. The number of ether oxygens (including phenoxy) is 1. The van der Waals surface area contributed by atoms with Crippen LogP contribution in [0.15, 0.2) is 11.0 Å². The van der Waals surface area contributed by atoms with Gasteiger partial charge in [0.1, 0.15) is 17.5 Å². The van der Waals surface area contributed by atoms with E-state index in [-0.39, 0.29) is 29.3 Å². The van der Waals surface area contributed by atoms with Crippen LogP contribution < -0.4 is 11.4 Å². The molecule has 8 nitrogen and oxygen atoms in total. The first-order valence-electron chi connectivity index (χ1n) is 5.92. The van der Waals surface area contributed by atoms with Crippen molar-refractivity contribution in [2.75, 3.05) is 32.2 Å². The van der Waals surface area contributed by atoms with E-state index in [0.29, 0.717) is 5.75 Å². The molecule has 1 amide bonds. The molecular weight excluding hydrogens is 284 g/mol. The van der Waals surface area contributed by atoms with Crippen molar-refractivity contribution in [2.24, 2.45) is 0 Å². The SMILES string of the molecule is CN(C)C(=O)c1cn([C@H]2CS[C@@H](CO)O2)c(=O)nc1N. The molecule has 0 aliphatic carbocycles. The summed E-state index contributed by atoms with van der Waals surface area (Å²) < 4.78 is 6.71. The zero-order chi connectivity index (χ0) is 14.9. The van der Waals surface area contributed by atoms with Crippen LogP contribution in [0, 0.1) is 0 Å². The number of hydrogen-bond donors (Lipinski definition) is 2. The van der Waals surface area contributed by atoms with E-state index in [1.165, 1.54) is 27.4 Å². The minimum atomic E-state index is -0.581. The van der Waals surface area contributed by atoms with Crippen molar-refractivity contribution < 1.29 is 14.6 Å². The Morgan fingerprint density at radius 3 is 2.95 bits per heavy atom. The van der Waals surface area contributed by atoms with E-state index >= 15 is 0 Å². The third kappa shape index (κ3) is 2.79. The Morgan fingerprint density at radius 2 is 2.40 bits per heavy atom. The molecule has 2 heterocycles. The normalized spacial score (nSPS) is 21.9. The first kappa shape index (κ1) is 14.8. The number of aromatic nitrogens is 2. The molecule has 9 heteroatoms. The smallest absolute Gasteiger partial charge is 0.351 e. The molecule has 1 fully saturated rings. The quantitative estimate of drug-likeness (QED) is 0.744. The second kappa shape index (κ2) is 5.81. The maximum atomic E-state index is 12.0. The van der Waals surface area contributed by atoms with Crippen LogP contribution in [0.5, 0.6) is 0 Å². The zero-order valence-corrected chi connectivity index (χ0v) is 12.0. The average molecular weight is 300 g/mol. The van der Waals surface area contributed by atoms with Crippen LogP contribution in [-0.4, -0.2) is 57.4 Å². The molecule has 1 aromatic heterocycles. The van der Waals surface area contributed by atoms with Gasteiger partial charge in [-0.25, -0.2) is 4.79 Å². The number of carbonyl (C=O) groups is 1. The van der Waals surface area contributed by atoms with Gasteiger partial charge in [0.15, 0.2) is 0 Å². The van der Waals surface area contributed by atoms with E-state index in [2.05, 4.69) is 4.98 Å². The minimum absolute atomic E-state index is 0.102. The maximum absolute atomic E-state index is 12.0. The van der Waals surface area contributed by atoms with Crippen LogP contribution in [0.4, 0.5) is 5.82 Å². The second-order valence-electron chi connectivity index (χ2n) is 4.47. The number of hydrogen-bond acceptors (Lipinski definition) is 7. The van der Waals surface area contributed by atoms with Crippen LogP contribution in [-0.2, 0) is 4.74 Å². The fourth-order valence-corrected chi connectivity index (χ4v) is 2.71. The Balaban J connectivity index is 2.37. The summed E-state index contributed by atoms with van der Waals surface area (Å²) in [5.41, 5.74) is 4.81. The van der Waals surface area contributed by atoms with Gasteiger partial charge in [0.05, 0.1) is 12.2 Å². The Hall–Kier alpha value is -1.58. The summed E-state index contributed by atoms with van der Waals surface area (Å²) in [5, 5.41) is 9.03. The average Bonchev–Trinajstić information content (AvgIpc) is 2.86. The predicted octanol–water partition coefficient (Wildman–Crippen LogP) is -0.892. The summed E-state index contributed by atoms with van der Waals surface area (Å²) in [7, 11) is 3.17. The van der Waals surface area contributed by atoms with E-state index in [4.69, 9.17) is 15.6 Å². The Labute approximate surface area is 119 Å². The summed E-state index contributed by atoms with van der Waals surface area (Å²) in [5.74, 6) is 0.0502. The Morgan fingerprint density at radius 1 is 1.70 bits per heavy atom. The van der Waals surface area contributed by atoms with E-state index < -0.39 is 11.9 Å². The van der Waals surface area contributed by atoms with Crippen LogP contribution in [0.1, 0.15) is 16.6 Å². The van der Waals surface area contributed by atoms with E-state index in [9.17, 15) is 9.59 Å². The van der Waals surface area contributed by atoms with Crippen LogP contribution in [0.25, 0.3) is 0 Å². The summed E-state index contributed by atoms with van der Waals surface area (Å²) in [6, 6.07) is 0. The number of anilines is 1. The van der Waals surface area contributed by atoms with Crippen molar-refractivity contribution in [1.29, 1.82) is 0 Å². The Kier molecular flexibility index (Phi) is 4.31. The highest BCUT2D eigenvalue weighted by Crippen LogP contribution is 2.30. The molecule has 1 saturated heterocycles. The van der Waals surface area contributed by atoms with Crippen molar-refractivity contribution >= 4 is 23.5 Å². The lowest BCUT2D eigenvalue weighted by molar-refractivity contribution is -0.00641. The summed E-state index contributed by atoms with van der Waals surface area (Å²) in [6.07, 6.45) is 0.796. The van der Waals surface area contributed by atoms with Crippen molar-refractivity contribution in [3.05, 3.63) is 22.2 Å². The molecule has 0 bridgehead atoms. The molecule has 3 N–H and O–H groups in total. The van der Waals surface area contributed by atoms with Gasteiger partial charge in [0.2, 0.25) is 0 Å². The monoisotopic (exact) mass is 300 g/mol. The molecular formula is C11H16N4O4S. The summed E-state index contributed by atoms with van der Waals surface area (Å²) in [6.45, 7) is -0.137. The van der Waals surface area contributed by atoms with Crippen molar-refractivity contribution in [2.45, 2.75) is 11.7 Å². The number of aliphatic hydroxyl groups excluding tert-OH is 1. The number of carbonyl (C=O) groups excluding carboxylic acids is 1. The maximum Gasteiger partial charge on any atom is 0.351 e. The fourth-order valence-electron chi connectivity index (χ4n) is 1.78. The van der Waals surface area contributed by atoms with Crippen molar-refractivity contribution in [3.63, 3.8) is 0 Å². The molecule has 2 rings (SSSR count). The number of amides is 1. The topological polar surface area (TPSA) is 111 Å². The lowest BCUT2D eigenvalue weighted by Gasteiger charge is -2.17. The minimum Gasteiger partial charge on any atom is -0.393 e. The van der Waals surface area contributed by atoms with Gasteiger partial charge < -0.3 is 20.5 Å². The lowest BCUT2D eigenvalue weighted by atomic mass is 10.2. The first-order valence-corrected chi connectivity index (χ1v) is 6.97. The number of rotatable bonds is 3. The van der Waals surface area contributed by atoms with Gasteiger partial charge in [-0.2, -0.15) is 4.98 Å². The summed E-state index contributed by atoms with van der Waals surface area (Å²) in [4.78, 5) is 28.8. The molecule has 0 saturated carbocycles. The van der Waals surface area contributed by atoms with Crippen LogP contribution in [0.3, 0.4) is 0 Å². The van der Waals surface area contributed by atoms with Gasteiger partial charge in [0.25, 0.3) is 5.91 Å². The predicted molar refractivity (Wildman–Crippen MR) is 74.4 cm³/mol. The van der Waals surface area contributed by atoms with Gasteiger partial charge in [-0.1, -0.05) is 0 Å². The van der Waals surface area contributed by atoms with Gasteiger partial charge in [-0.15, -0.1) is 11.8 Å². The third-order valence-electron chi connectivity index (χ3n) is 2.81. The molecule has 20 heavy (non-hydrogen) atoms. The van der Waals surface area contributed by atoms with Crippen LogP contribution >= 0.6 is 11.8 Å². The van der Waals surface area contributed by atoms with Gasteiger partial charge >= 0.3 is 5.69 Å². The summed E-state index contributed by atoms with van der Waals surface area (Å²) >= 11 is 1.39. The number of thioether (sulfide) groups is 1. The first-order chi connectivity index (χ1) is 9.43. The molecule has 1 aliphatic heterocycles. The molecule has 1 aliphatic rings. The fraction of sp³-hybridized carbons (Fsp3) is 0.545. The van der Waals surface area contributed by atoms with Crippen LogP contribution in [0.2, 0.25) is 0 Å². The van der Waals surface area contributed by atoms with Gasteiger partial charge in [-0.3, -0.25) is 9.36 Å². The largest absolute Gasteiger partial charge is 0.393 e. The van der Waals surface area contributed by atoms with E-state index in [1.54, 1.807) is 14.1 Å². The molecule has 0 radical (unpaired) electrons. The zero-order valence-electron chi connectivity index (χ0n) is 11.1. The van der Waals surface area contributed by atoms with E-state index in [1.807, 2.05) is 0 Å². The molecule has 0 unspecified atom stereocenters. The highest BCUT2D eigenvalue weighted by atomic mass is 32.2. The Bertz CT molecular complexity index is 574.